The molecule has 1 amide bonds. The van der Waals surface area contributed by atoms with Crippen molar-refractivity contribution in [2.24, 2.45) is 5.92 Å². The van der Waals surface area contributed by atoms with Crippen molar-refractivity contribution in [2.45, 2.75) is 12.1 Å². The van der Waals surface area contributed by atoms with Crippen LogP contribution < -0.4 is 0 Å². The molecule has 0 unspecified atom stereocenters. The molecule has 2 fully saturated rings. The zero-order valence-electron chi connectivity index (χ0n) is 12.3. The van der Waals surface area contributed by atoms with Gasteiger partial charge in [-0.25, -0.2) is 0 Å². The number of amides is 1. The van der Waals surface area contributed by atoms with Crippen LogP contribution in [0.5, 0.6) is 0 Å². The first-order valence-corrected chi connectivity index (χ1v) is 7.36. The van der Waals surface area contributed by atoms with Gasteiger partial charge in [0.1, 0.15) is 0 Å². The highest BCUT2D eigenvalue weighted by molar-refractivity contribution is 5.95. The highest BCUT2D eigenvalue weighted by Gasteiger charge is 2.47. The molecule has 3 atom stereocenters. The van der Waals surface area contributed by atoms with Gasteiger partial charge < -0.3 is 14.4 Å². The molecule has 2 saturated heterocycles. The Balaban J connectivity index is 1.80. The van der Waals surface area contributed by atoms with Crippen LogP contribution in [0.3, 0.4) is 0 Å². The van der Waals surface area contributed by atoms with Gasteiger partial charge in [-0.1, -0.05) is 12.1 Å². The van der Waals surface area contributed by atoms with Crippen LogP contribution in [0.4, 0.5) is 0 Å². The highest BCUT2D eigenvalue weighted by Crippen LogP contribution is 2.33. The van der Waals surface area contributed by atoms with Crippen molar-refractivity contribution in [3.63, 3.8) is 0 Å². The zero-order valence-corrected chi connectivity index (χ0v) is 12.3. The number of ether oxygens (including phenoxy) is 2. The molecule has 0 spiro atoms. The molecule has 0 aromatic heterocycles. The molecule has 1 aromatic rings. The second kappa shape index (κ2) is 6.30. The van der Waals surface area contributed by atoms with Crippen LogP contribution in [0.1, 0.15) is 15.9 Å². The van der Waals surface area contributed by atoms with Gasteiger partial charge in [-0.05, 0) is 18.2 Å². The third-order valence-electron chi connectivity index (χ3n) is 4.28. The maximum Gasteiger partial charge on any atom is 0.254 e. The largest absolute Gasteiger partial charge is 0.379 e. The van der Waals surface area contributed by atoms with Crippen molar-refractivity contribution < 1.29 is 14.3 Å². The third-order valence-corrected chi connectivity index (χ3v) is 4.28. The van der Waals surface area contributed by atoms with Gasteiger partial charge in [0.25, 0.3) is 5.91 Å². The molecule has 0 N–H and O–H groups in total. The maximum atomic E-state index is 12.8. The molecule has 0 radical (unpaired) electrons. The summed E-state index contributed by atoms with van der Waals surface area (Å²) in [5.74, 6) is 0.144. The van der Waals surface area contributed by atoms with Gasteiger partial charge in [0.2, 0.25) is 0 Å². The summed E-state index contributed by atoms with van der Waals surface area (Å²) in [6, 6.07) is 8.91. The van der Waals surface area contributed by atoms with Gasteiger partial charge in [-0.15, -0.1) is 6.58 Å². The van der Waals surface area contributed by atoms with Crippen LogP contribution in [-0.4, -0.2) is 49.3 Å². The lowest BCUT2D eigenvalue weighted by atomic mass is 10.0. The maximum absolute atomic E-state index is 12.8. The van der Waals surface area contributed by atoms with Crippen molar-refractivity contribution >= 4 is 5.91 Å². The van der Waals surface area contributed by atoms with Crippen LogP contribution in [0.15, 0.2) is 36.9 Å². The van der Waals surface area contributed by atoms with Crippen LogP contribution >= 0.6 is 0 Å². The molecule has 0 bridgehead atoms. The Hall–Kier alpha value is -2.16. The van der Waals surface area contributed by atoms with E-state index in [0.717, 1.165) is 0 Å². The molecule has 114 valence electrons. The van der Waals surface area contributed by atoms with Crippen molar-refractivity contribution in [3.05, 3.63) is 48.0 Å². The number of carbonyl (C=O) groups excluding carboxylic acids is 1. The summed E-state index contributed by atoms with van der Waals surface area (Å²) in [4.78, 5) is 14.6. The summed E-state index contributed by atoms with van der Waals surface area (Å²) in [6.45, 7) is 5.85. The van der Waals surface area contributed by atoms with Crippen molar-refractivity contribution in [3.8, 4) is 6.07 Å². The van der Waals surface area contributed by atoms with E-state index in [-0.39, 0.29) is 24.0 Å². The van der Waals surface area contributed by atoms with E-state index in [1.165, 1.54) is 0 Å². The fraction of sp³-hybridized carbons (Fsp3) is 0.412. The van der Waals surface area contributed by atoms with Gasteiger partial charge in [-0.2, -0.15) is 5.26 Å². The van der Waals surface area contributed by atoms with Crippen LogP contribution in [0.25, 0.3) is 0 Å². The van der Waals surface area contributed by atoms with Crippen molar-refractivity contribution in [2.75, 3.05) is 26.4 Å². The standard InChI is InChI=1S/C17H18N2O3/c1-2-6-22-16-9-19(15-11-21-10-14(15)16)17(20)13-5-3-4-12(7-13)8-18/h2-5,7,14-16H,1,6,9-11H2/t14-,15+,16-/m1/s1. The first-order chi connectivity index (χ1) is 10.7. The molecule has 22 heavy (non-hydrogen) atoms. The Kier molecular flexibility index (Phi) is 4.23. The van der Waals surface area contributed by atoms with Gasteiger partial charge in [-0.3, -0.25) is 4.79 Å². The summed E-state index contributed by atoms with van der Waals surface area (Å²) in [5, 5.41) is 8.97. The van der Waals surface area contributed by atoms with Crippen molar-refractivity contribution in [1.82, 2.24) is 4.90 Å². The predicted octanol–water partition coefficient (Wildman–Crippen LogP) is 1.60. The Bertz CT molecular complexity index is 623. The molecule has 2 heterocycles. The lowest BCUT2D eigenvalue weighted by molar-refractivity contribution is 0.0330. The molecule has 1 aromatic carbocycles. The molecule has 5 nitrogen and oxygen atoms in total. The summed E-state index contributed by atoms with van der Waals surface area (Å²) in [7, 11) is 0. The Morgan fingerprint density at radius 1 is 1.55 bits per heavy atom. The van der Waals surface area contributed by atoms with Gasteiger partial charge in [0.15, 0.2) is 0 Å². The second-order valence-corrected chi connectivity index (χ2v) is 5.58. The van der Waals surface area contributed by atoms with E-state index in [1.54, 1.807) is 30.3 Å². The molecular formula is C17H18N2O3. The first kappa shape index (κ1) is 14.8. The number of nitrogens with zero attached hydrogens (tertiary/aromatic N) is 2. The smallest absolute Gasteiger partial charge is 0.254 e. The number of hydrogen-bond donors (Lipinski definition) is 0. The first-order valence-electron chi connectivity index (χ1n) is 7.36. The van der Waals surface area contributed by atoms with E-state index in [4.69, 9.17) is 14.7 Å². The summed E-state index contributed by atoms with van der Waals surface area (Å²) >= 11 is 0. The fourth-order valence-electron chi connectivity index (χ4n) is 3.19. The predicted molar refractivity (Wildman–Crippen MR) is 80.2 cm³/mol. The van der Waals surface area contributed by atoms with E-state index in [0.29, 0.717) is 37.5 Å². The van der Waals surface area contributed by atoms with E-state index in [1.807, 2.05) is 4.90 Å². The minimum absolute atomic E-state index is 0.0198. The van der Waals surface area contributed by atoms with Crippen molar-refractivity contribution in [1.29, 1.82) is 5.26 Å². The fourth-order valence-corrected chi connectivity index (χ4v) is 3.19. The SMILES string of the molecule is C=CCO[C@@H]1CN(C(=O)c2cccc(C#N)c2)[C@H]2COC[C@@H]12. The molecule has 2 aliphatic rings. The summed E-state index contributed by atoms with van der Waals surface area (Å²) < 4.78 is 11.3. The number of likely N-dealkylation sites (tertiary alicyclic amines) is 1. The van der Waals surface area contributed by atoms with E-state index >= 15 is 0 Å². The minimum Gasteiger partial charge on any atom is -0.379 e. The quantitative estimate of drug-likeness (QED) is 0.792. The lowest BCUT2D eigenvalue weighted by Crippen LogP contribution is -2.38. The summed E-state index contributed by atoms with van der Waals surface area (Å²) in [6.07, 6.45) is 1.69. The van der Waals surface area contributed by atoms with Crippen LogP contribution in [0, 0.1) is 17.2 Å². The molecule has 2 aliphatic heterocycles. The number of hydrogen-bond acceptors (Lipinski definition) is 4. The van der Waals surface area contributed by atoms with E-state index in [9.17, 15) is 4.79 Å². The third kappa shape index (κ3) is 2.63. The normalized spacial score (nSPS) is 26.5. The average Bonchev–Trinajstić information content (AvgIpc) is 3.15. The topological polar surface area (TPSA) is 62.6 Å². The average molecular weight is 298 g/mol. The number of nitriles is 1. The number of fused-ring (bicyclic) bond motifs is 1. The van der Waals surface area contributed by atoms with Crippen LogP contribution in [-0.2, 0) is 9.47 Å². The Morgan fingerprint density at radius 2 is 2.41 bits per heavy atom. The molecule has 0 saturated carbocycles. The number of benzene rings is 1. The van der Waals surface area contributed by atoms with Gasteiger partial charge >= 0.3 is 0 Å². The lowest BCUT2D eigenvalue weighted by Gasteiger charge is -2.22. The summed E-state index contributed by atoms with van der Waals surface area (Å²) in [5.41, 5.74) is 1.03. The zero-order chi connectivity index (χ0) is 15.5. The minimum atomic E-state index is -0.0673. The second-order valence-electron chi connectivity index (χ2n) is 5.58. The molecular weight excluding hydrogens is 280 g/mol. The number of rotatable bonds is 4. The Labute approximate surface area is 129 Å². The van der Waals surface area contributed by atoms with E-state index < -0.39 is 0 Å². The number of carbonyl (C=O) groups is 1. The van der Waals surface area contributed by atoms with E-state index in [2.05, 4.69) is 12.6 Å². The Morgan fingerprint density at radius 3 is 3.18 bits per heavy atom. The van der Waals surface area contributed by atoms with Gasteiger partial charge in [0.05, 0.1) is 43.6 Å². The molecule has 3 rings (SSSR count). The highest BCUT2D eigenvalue weighted by atomic mass is 16.5. The van der Waals surface area contributed by atoms with Gasteiger partial charge in [0, 0.05) is 18.0 Å². The molecule has 5 heteroatoms. The molecule has 0 aliphatic carbocycles. The monoisotopic (exact) mass is 298 g/mol. The van der Waals surface area contributed by atoms with Crippen LogP contribution in [0.2, 0.25) is 0 Å².